The first kappa shape index (κ1) is 24.7. The van der Waals surface area contributed by atoms with E-state index in [1.165, 1.54) is 0 Å². The van der Waals surface area contributed by atoms with E-state index in [9.17, 15) is 14.7 Å². The molecular weight excluding hydrogens is 438 g/mol. The van der Waals surface area contributed by atoms with Crippen LogP contribution in [0.5, 0.6) is 0 Å². The summed E-state index contributed by atoms with van der Waals surface area (Å²) in [6.07, 6.45) is 4.17. The second kappa shape index (κ2) is 10.0. The SMILES string of the molecule is CCCCCn1cc(C(=O)c2ccc(C(OC(C)(C)C)C(=O)O)c3ccccc23)c2ccccc21. The van der Waals surface area contributed by atoms with Crippen molar-refractivity contribution in [1.82, 2.24) is 4.57 Å². The van der Waals surface area contributed by atoms with Crippen LogP contribution in [0.3, 0.4) is 0 Å². The fourth-order valence-corrected chi connectivity index (χ4v) is 4.64. The third kappa shape index (κ3) is 5.15. The Morgan fingerprint density at radius 2 is 1.54 bits per heavy atom. The van der Waals surface area contributed by atoms with E-state index in [2.05, 4.69) is 17.6 Å². The molecule has 0 aliphatic heterocycles. The zero-order chi connectivity index (χ0) is 25.2. The van der Waals surface area contributed by atoms with Crippen molar-refractivity contribution >= 4 is 33.4 Å². The van der Waals surface area contributed by atoms with Crippen molar-refractivity contribution < 1.29 is 19.4 Å². The van der Waals surface area contributed by atoms with Crippen LogP contribution in [0.25, 0.3) is 21.7 Å². The topological polar surface area (TPSA) is 68.5 Å². The van der Waals surface area contributed by atoms with Gasteiger partial charge in [-0.1, -0.05) is 74.4 Å². The molecule has 1 unspecified atom stereocenters. The molecule has 0 fully saturated rings. The maximum atomic E-state index is 13.9. The smallest absolute Gasteiger partial charge is 0.337 e. The first-order chi connectivity index (χ1) is 16.7. The number of para-hydroxylation sites is 1. The van der Waals surface area contributed by atoms with E-state index in [1.54, 1.807) is 12.1 Å². The molecule has 0 bridgehead atoms. The van der Waals surface area contributed by atoms with Gasteiger partial charge in [0.2, 0.25) is 0 Å². The number of carbonyl (C=O) groups excluding carboxylic acids is 1. The monoisotopic (exact) mass is 471 g/mol. The van der Waals surface area contributed by atoms with E-state index in [0.717, 1.165) is 42.1 Å². The third-order valence-electron chi connectivity index (χ3n) is 6.22. The van der Waals surface area contributed by atoms with Crippen LogP contribution in [0.4, 0.5) is 0 Å². The molecule has 182 valence electrons. The van der Waals surface area contributed by atoms with Crippen LogP contribution >= 0.6 is 0 Å². The maximum absolute atomic E-state index is 13.9. The number of rotatable bonds is 9. The van der Waals surface area contributed by atoms with E-state index in [1.807, 2.05) is 69.4 Å². The minimum Gasteiger partial charge on any atom is -0.479 e. The number of aliphatic carboxylic acids is 1. The molecule has 0 saturated heterocycles. The standard InChI is InChI=1S/C30H33NO4/c1-5-6-11-18-31-19-25(22-14-9-10-15-26(22)31)27(32)23-16-17-24(21-13-8-7-12-20(21)23)28(29(33)34)35-30(2,3)4/h7-10,12-17,19,28H,5-6,11,18H2,1-4H3,(H,33,34). The Morgan fingerprint density at radius 1 is 0.886 bits per heavy atom. The van der Waals surface area contributed by atoms with E-state index in [-0.39, 0.29) is 5.78 Å². The molecule has 5 heteroatoms. The molecule has 0 aliphatic carbocycles. The van der Waals surface area contributed by atoms with Crippen molar-refractivity contribution in [2.24, 2.45) is 0 Å². The Bertz CT molecular complexity index is 1380. The first-order valence-corrected chi connectivity index (χ1v) is 12.3. The zero-order valence-electron chi connectivity index (χ0n) is 20.9. The number of ether oxygens (including phenoxy) is 1. The summed E-state index contributed by atoms with van der Waals surface area (Å²) in [4.78, 5) is 26.0. The highest BCUT2D eigenvalue weighted by molar-refractivity contribution is 6.21. The van der Waals surface area contributed by atoms with Gasteiger partial charge in [0.15, 0.2) is 11.9 Å². The van der Waals surface area contributed by atoms with Crippen molar-refractivity contribution in [1.29, 1.82) is 0 Å². The second-order valence-electron chi connectivity index (χ2n) is 9.99. The number of fused-ring (bicyclic) bond motifs is 2. The first-order valence-electron chi connectivity index (χ1n) is 12.3. The van der Waals surface area contributed by atoms with Crippen LogP contribution in [0.2, 0.25) is 0 Å². The molecule has 0 spiro atoms. The molecule has 1 atom stereocenters. The molecule has 0 aliphatic rings. The van der Waals surface area contributed by atoms with Gasteiger partial charge >= 0.3 is 5.97 Å². The van der Waals surface area contributed by atoms with Crippen molar-refractivity contribution in [3.63, 3.8) is 0 Å². The van der Waals surface area contributed by atoms with Gasteiger partial charge in [0.1, 0.15) is 0 Å². The van der Waals surface area contributed by atoms with Gasteiger partial charge in [-0.3, -0.25) is 4.79 Å². The predicted molar refractivity (Wildman–Crippen MR) is 140 cm³/mol. The Labute approximate surface area is 206 Å². The maximum Gasteiger partial charge on any atom is 0.337 e. The molecular formula is C30H33NO4. The molecule has 1 N–H and O–H groups in total. The number of ketones is 1. The largest absolute Gasteiger partial charge is 0.479 e. The lowest BCUT2D eigenvalue weighted by Gasteiger charge is -2.26. The molecule has 35 heavy (non-hydrogen) atoms. The summed E-state index contributed by atoms with van der Waals surface area (Å²) in [5.41, 5.74) is 2.17. The molecule has 0 radical (unpaired) electrons. The third-order valence-corrected chi connectivity index (χ3v) is 6.22. The second-order valence-corrected chi connectivity index (χ2v) is 9.99. The van der Waals surface area contributed by atoms with E-state index in [4.69, 9.17) is 4.74 Å². The molecule has 0 amide bonds. The van der Waals surface area contributed by atoms with E-state index < -0.39 is 17.7 Å². The van der Waals surface area contributed by atoms with Crippen LogP contribution < -0.4 is 0 Å². The van der Waals surface area contributed by atoms with Crippen LogP contribution in [-0.4, -0.2) is 27.0 Å². The summed E-state index contributed by atoms with van der Waals surface area (Å²) in [7, 11) is 0. The van der Waals surface area contributed by atoms with Crippen LogP contribution in [0.1, 0.15) is 74.5 Å². The number of benzene rings is 3. The minimum atomic E-state index is -1.13. The van der Waals surface area contributed by atoms with Gasteiger partial charge in [0, 0.05) is 34.8 Å². The van der Waals surface area contributed by atoms with E-state index in [0.29, 0.717) is 22.1 Å². The van der Waals surface area contributed by atoms with Crippen LogP contribution in [0.15, 0.2) is 66.9 Å². The molecule has 1 heterocycles. The van der Waals surface area contributed by atoms with Gasteiger partial charge in [0.05, 0.1) is 5.60 Å². The fraction of sp³-hybridized carbons (Fsp3) is 0.333. The lowest BCUT2D eigenvalue weighted by atomic mass is 9.92. The Hall–Kier alpha value is -3.44. The number of carboxylic acid groups (broad SMARTS) is 1. The highest BCUT2D eigenvalue weighted by Gasteiger charge is 2.29. The quantitative estimate of drug-likeness (QED) is 0.208. The van der Waals surface area contributed by atoms with Gasteiger partial charge in [-0.2, -0.15) is 0 Å². The highest BCUT2D eigenvalue weighted by Crippen LogP contribution is 2.34. The summed E-state index contributed by atoms with van der Waals surface area (Å²) in [5, 5.41) is 12.3. The molecule has 3 aromatic carbocycles. The molecule has 4 rings (SSSR count). The number of nitrogens with zero attached hydrogens (tertiary/aromatic N) is 1. The lowest BCUT2D eigenvalue weighted by molar-refractivity contribution is -0.160. The number of aromatic nitrogens is 1. The van der Waals surface area contributed by atoms with Crippen molar-refractivity contribution in [3.05, 3.63) is 83.6 Å². The Balaban J connectivity index is 1.82. The van der Waals surface area contributed by atoms with Crippen molar-refractivity contribution in [3.8, 4) is 0 Å². The van der Waals surface area contributed by atoms with E-state index >= 15 is 0 Å². The summed E-state index contributed by atoms with van der Waals surface area (Å²) in [6, 6.07) is 18.9. The Kier molecular flexibility index (Phi) is 7.08. The number of aryl methyl sites for hydroxylation is 1. The van der Waals surface area contributed by atoms with Crippen molar-refractivity contribution in [2.45, 2.75) is 65.2 Å². The summed E-state index contributed by atoms with van der Waals surface area (Å²) in [5.74, 6) is -1.12. The Morgan fingerprint density at radius 3 is 2.20 bits per heavy atom. The average molecular weight is 472 g/mol. The van der Waals surface area contributed by atoms with Crippen LogP contribution in [0, 0.1) is 0 Å². The summed E-state index contributed by atoms with van der Waals surface area (Å²) < 4.78 is 8.07. The van der Waals surface area contributed by atoms with Crippen molar-refractivity contribution in [2.75, 3.05) is 0 Å². The highest BCUT2D eigenvalue weighted by atomic mass is 16.5. The molecule has 5 nitrogen and oxygen atoms in total. The minimum absolute atomic E-state index is 0.0678. The van der Waals surface area contributed by atoms with Gasteiger partial charge in [-0.15, -0.1) is 0 Å². The molecule has 1 aromatic heterocycles. The van der Waals surface area contributed by atoms with Gasteiger partial charge in [0.25, 0.3) is 0 Å². The number of carboxylic acids is 1. The summed E-state index contributed by atoms with van der Waals surface area (Å²) in [6.45, 7) is 8.54. The normalized spacial score (nSPS) is 12.8. The number of unbranched alkanes of at least 4 members (excludes halogenated alkanes) is 2. The van der Waals surface area contributed by atoms with Crippen LogP contribution in [-0.2, 0) is 16.1 Å². The molecule has 4 aromatic rings. The average Bonchev–Trinajstić information content (AvgIpc) is 3.20. The van der Waals surface area contributed by atoms with Gasteiger partial charge in [-0.05, 0) is 49.6 Å². The van der Waals surface area contributed by atoms with Gasteiger partial charge < -0.3 is 14.4 Å². The number of hydrogen-bond donors (Lipinski definition) is 1. The number of carbonyl (C=O) groups is 2. The fourth-order valence-electron chi connectivity index (χ4n) is 4.64. The molecule has 0 saturated carbocycles. The predicted octanol–water partition coefficient (Wildman–Crippen LogP) is 7.16. The lowest BCUT2D eigenvalue weighted by Crippen LogP contribution is -2.27. The number of hydrogen-bond acceptors (Lipinski definition) is 3. The zero-order valence-corrected chi connectivity index (χ0v) is 20.9. The summed E-state index contributed by atoms with van der Waals surface area (Å²) >= 11 is 0. The van der Waals surface area contributed by atoms with Gasteiger partial charge in [-0.25, -0.2) is 4.79 Å².